The van der Waals surface area contributed by atoms with Crippen LogP contribution in [0.3, 0.4) is 0 Å². The molecule has 0 saturated carbocycles. The maximum absolute atomic E-state index is 4.47. The van der Waals surface area contributed by atoms with E-state index < -0.39 is 0 Å². The van der Waals surface area contributed by atoms with Gasteiger partial charge in [0.2, 0.25) is 0 Å². The normalized spacial score (nSPS) is 20.6. The van der Waals surface area contributed by atoms with E-state index in [2.05, 4.69) is 80.2 Å². The van der Waals surface area contributed by atoms with Crippen LogP contribution in [0.15, 0.2) is 35.3 Å². The highest BCUT2D eigenvalue weighted by Crippen LogP contribution is 2.46. The fraction of sp³-hybridized carbons (Fsp3) is 0.611. The first-order valence-corrected chi connectivity index (χ1v) is 7.83. The summed E-state index contributed by atoms with van der Waals surface area (Å²) in [6.45, 7) is 13.4. The van der Waals surface area contributed by atoms with E-state index in [0.717, 1.165) is 19.0 Å². The molecular formula is C18H30IN3. The van der Waals surface area contributed by atoms with Gasteiger partial charge in [-0.2, -0.15) is 0 Å². The largest absolute Gasteiger partial charge is 0.356 e. The average molecular weight is 415 g/mol. The molecule has 1 aromatic carbocycles. The predicted octanol–water partition coefficient (Wildman–Crippen LogP) is 4.10. The number of rotatable bonds is 3. The zero-order valence-electron chi connectivity index (χ0n) is 14.7. The molecular weight excluding hydrogens is 385 g/mol. The molecule has 1 fully saturated rings. The van der Waals surface area contributed by atoms with Gasteiger partial charge in [0.1, 0.15) is 0 Å². The molecule has 0 spiro atoms. The molecule has 124 valence electrons. The van der Waals surface area contributed by atoms with E-state index in [1.165, 1.54) is 5.56 Å². The van der Waals surface area contributed by atoms with Gasteiger partial charge in [-0.05, 0) is 25.3 Å². The van der Waals surface area contributed by atoms with Gasteiger partial charge in [0.15, 0.2) is 5.96 Å². The van der Waals surface area contributed by atoms with Crippen molar-refractivity contribution in [1.29, 1.82) is 0 Å². The standard InChI is InChI=1S/C18H29N3.HI/c1-14(15-10-8-7-9-11-15)12-20-16(19-6)21-13-17(2,3)18(21,4)5;/h7-11,14H,12-13H2,1-6H3,(H,19,20);1H. The summed E-state index contributed by atoms with van der Waals surface area (Å²) in [5.74, 6) is 1.49. The Morgan fingerprint density at radius 1 is 1.23 bits per heavy atom. The highest BCUT2D eigenvalue weighted by molar-refractivity contribution is 14.0. The monoisotopic (exact) mass is 415 g/mol. The predicted molar refractivity (Wildman–Crippen MR) is 106 cm³/mol. The topological polar surface area (TPSA) is 27.6 Å². The summed E-state index contributed by atoms with van der Waals surface area (Å²) < 4.78 is 0. The minimum Gasteiger partial charge on any atom is -0.356 e. The number of nitrogens with zero attached hydrogens (tertiary/aromatic N) is 2. The van der Waals surface area contributed by atoms with Crippen molar-refractivity contribution in [2.45, 2.75) is 46.1 Å². The van der Waals surface area contributed by atoms with Crippen LogP contribution in [-0.4, -0.2) is 36.5 Å². The first kappa shape index (κ1) is 19.3. The molecule has 1 aliphatic heterocycles. The van der Waals surface area contributed by atoms with Gasteiger partial charge in [0, 0.05) is 31.1 Å². The van der Waals surface area contributed by atoms with Crippen molar-refractivity contribution >= 4 is 29.9 Å². The summed E-state index contributed by atoms with van der Waals surface area (Å²) in [7, 11) is 1.87. The van der Waals surface area contributed by atoms with Gasteiger partial charge in [0.05, 0.1) is 0 Å². The molecule has 0 aliphatic carbocycles. The fourth-order valence-corrected chi connectivity index (χ4v) is 2.84. The SMILES string of the molecule is CN=C(NCC(C)c1ccccc1)N1CC(C)(C)C1(C)C.I. The lowest BCUT2D eigenvalue weighted by atomic mass is 9.65. The van der Waals surface area contributed by atoms with Gasteiger partial charge in [-0.3, -0.25) is 4.99 Å². The van der Waals surface area contributed by atoms with Gasteiger partial charge >= 0.3 is 0 Å². The molecule has 2 rings (SSSR count). The first-order valence-electron chi connectivity index (χ1n) is 7.83. The van der Waals surface area contributed by atoms with Crippen molar-refractivity contribution in [1.82, 2.24) is 10.2 Å². The molecule has 1 saturated heterocycles. The van der Waals surface area contributed by atoms with E-state index in [-0.39, 0.29) is 29.5 Å². The van der Waals surface area contributed by atoms with E-state index in [9.17, 15) is 0 Å². The third kappa shape index (κ3) is 3.58. The summed E-state index contributed by atoms with van der Waals surface area (Å²) >= 11 is 0. The Balaban J connectivity index is 0.00000242. The van der Waals surface area contributed by atoms with E-state index in [0.29, 0.717) is 11.3 Å². The van der Waals surface area contributed by atoms with Crippen LogP contribution in [0.1, 0.15) is 46.1 Å². The molecule has 3 nitrogen and oxygen atoms in total. The Labute approximate surface area is 152 Å². The fourth-order valence-electron chi connectivity index (χ4n) is 2.84. The highest BCUT2D eigenvalue weighted by Gasteiger charge is 2.53. The molecule has 1 heterocycles. The second kappa shape index (κ2) is 7.20. The number of nitrogens with one attached hydrogen (secondary N) is 1. The number of likely N-dealkylation sites (tertiary alicyclic amines) is 1. The molecule has 0 bridgehead atoms. The van der Waals surface area contributed by atoms with Gasteiger partial charge in [-0.15, -0.1) is 24.0 Å². The van der Waals surface area contributed by atoms with Crippen molar-refractivity contribution in [3.05, 3.63) is 35.9 Å². The molecule has 1 aliphatic rings. The molecule has 1 N–H and O–H groups in total. The summed E-state index contributed by atoms with van der Waals surface area (Å²) in [6.07, 6.45) is 0. The summed E-state index contributed by atoms with van der Waals surface area (Å²) in [4.78, 5) is 6.85. The number of aliphatic imine (C=N–C) groups is 1. The van der Waals surface area contributed by atoms with Crippen LogP contribution in [0.25, 0.3) is 0 Å². The van der Waals surface area contributed by atoms with Crippen molar-refractivity contribution < 1.29 is 0 Å². The third-order valence-electron chi connectivity index (χ3n) is 5.29. The smallest absolute Gasteiger partial charge is 0.194 e. The van der Waals surface area contributed by atoms with Gasteiger partial charge in [-0.25, -0.2) is 0 Å². The van der Waals surface area contributed by atoms with Crippen molar-refractivity contribution in [2.75, 3.05) is 20.1 Å². The Morgan fingerprint density at radius 2 is 1.82 bits per heavy atom. The lowest BCUT2D eigenvalue weighted by Gasteiger charge is -2.62. The minimum absolute atomic E-state index is 0. The number of guanidine groups is 1. The lowest BCUT2D eigenvalue weighted by molar-refractivity contribution is -0.0667. The molecule has 0 radical (unpaired) electrons. The van der Waals surface area contributed by atoms with Crippen molar-refractivity contribution in [3.63, 3.8) is 0 Å². The zero-order valence-corrected chi connectivity index (χ0v) is 17.0. The Bertz CT molecular complexity index is 508. The lowest BCUT2D eigenvalue weighted by Crippen LogP contribution is -2.72. The Hall–Kier alpha value is -0.780. The molecule has 0 aromatic heterocycles. The maximum atomic E-state index is 4.47. The van der Waals surface area contributed by atoms with Crippen LogP contribution in [0.2, 0.25) is 0 Å². The number of benzene rings is 1. The quantitative estimate of drug-likeness (QED) is 0.457. The van der Waals surface area contributed by atoms with Crippen molar-refractivity contribution in [2.24, 2.45) is 10.4 Å². The van der Waals surface area contributed by atoms with Crippen LogP contribution in [0.5, 0.6) is 0 Å². The minimum atomic E-state index is 0. The summed E-state index contributed by atoms with van der Waals surface area (Å²) in [5, 5.41) is 3.54. The molecule has 1 unspecified atom stereocenters. The number of halogens is 1. The second-order valence-corrected chi connectivity index (χ2v) is 7.27. The zero-order chi connectivity index (χ0) is 15.7. The van der Waals surface area contributed by atoms with E-state index in [1.807, 2.05) is 7.05 Å². The maximum Gasteiger partial charge on any atom is 0.194 e. The molecule has 0 amide bonds. The third-order valence-corrected chi connectivity index (χ3v) is 5.29. The number of hydrogen-bond acceptors (Lipinski definition) is 1. The van der Waals surface area contributed by atoms with Crippen LogP contribution in [0.4, 0.5) is 0 Å². The van der Waals surface area contributed by atoms with Gasteiger partial charge in [-0.1, -0.05) is 51.1 Å². The Morgan fingerprint density at radius 3 is 2.27 bits per heavy atom. The van der Waals surface area contributed by atoms with Crippen LogP contribution >= 0.6 is 24.0 Å². The summed E-state index contributed by atoms with van der Waals surface area (Å²) in [6, 6.07) is 10.6. The van der Waals surface area contributed by atoms with Crippen LogP contribution in [-0.2, 0) is 0 Å². The van der Waals surface area contributed by atoms with E-state index in [1.54, 1.807) is 0 Å². The molecule has 4 heteroatoms. The van der Waals surface area contributed by atoms with Gasteiger partial charge < -0.3 is 10.2 Å². The molecule has 1 aromatic rings. The van der Waals surface area contributed by atoms with Crippen molar-refractivity contribution in [3.8, 4) is 0 Å². The number of hydrogen-bond donors (Lipinski definition) is 1. The molecule has 1 atom stereocenters. The highest BCUT2D eigenvalue weighted by atomic mass is 127. The molecule has 22 heavy (non-hydrogen) atoms. The average Bonchev–Trinajstić information content (AvgIpc) is 2.47. The van der Waals surface area contributed by atoms with Gasteiger partial charge in [0.25, 0.3) is 0 Å². The van der Waals surface area contributed by atoms with Crippen LogP contribution < -0.4 is 5.32 Å². The first-order chi connectivity index (χ1) is 9.79. The summed E-state index contributed by atoms with van der Waals surface area (Å²) in [5.41, 5.74) is 1.84. The van der Waals surface area contributed by atoms with E-state index in [4.69, 9.17) is 0 Å². The Kier molecular flexibility index (Phi) is 6.30. The second-order valence-electron chi connectivity index (χ2n) is 7.27. The van der Waals surface area contributed by atoms with Crippen LogP contribution in [0, 0.1) is 5.41 Å². The van der Waals surface area contributed by atoms with E-state index >= 15 is 0 Å².